The summed E-state index contributed by atoms with van der Waals surface area (Å²) in [6.07, 6.45) is 10.2. The van der Waals surface area contributed by atoms with Crippen LogP contribution >= 0.6 is 0 Å². The van der Waals surface area contributed by atoms with Crippen molar-refractivity contribution in [2.45, 2.75) is 52.0 Å². The van der Waals surface area contributed by atoms with E-state index in [1.165, 1.54) is 31.2 Å². The van der Waals surface area contributed by atoms with Gasteiger partial charge in [-0.1, -0.05) is 26.7 Å². The molecule has 3 nitrogen and oxygen atoms in total. The summed E-state index contributed by atoms with van der Waals surface area (Å²) < 4.78 is 5.52. The third-order valence-electron chi connectivity index (χ3n) is 4.43. The van der Waals surface area contributed by atoms with Gasteiger partial charge >= 0.3 is 0 Å². The fraction of sp³-hybridized carbons (Fsp3) is 0.706. The molecule has 3 atom stereocenters. The summed E-state index contributed by atoms with van der Waals surface area (Å²) in [6.45, 7) is 5.66. The molecule has 0 radical (unpaired) electrons. The topological polar surface area (TPSA) is 34.2 Å². The van der Waals surface area contributed by atoms with Gasteiger partial charge < -0.3 is 10.1 Å². The van der Waals surface area contributed by atoms with E-state index in [1.807, 2.05) is 12.4 Å². The van der Waals surface area contributed by atoms with E-state index in [-0.39, 0.29) is 0 Å². The van der Waals surface area contributed by atoms with Crippen LogP contribution in [0.1, 0.15) is 57.6 Å². The zero-order chi connectivity index (χ0) is 14.4. The number of methoxy groups -OCH3 is 1. The van der Waals surface area contributed by atoms with Crippen LogP contribution in [0, 0.1) is 11.8 Å². The quantitative estimate of drug-likeness (QED) is 0.854. The number of nitrogens with zero attached hydrogens (tertiary/aromatic N) is 1. The van der Waals surface area contributed by atoms with Gasteiger partial charge in [-0.25, -0.2) is 0 Å². The van der Waals surface area contributed by atoms with Crippen LogP contribution in [0.2, 0.25) is 0 Å². The molecule has 2 rings (SSSR count). The Labute approximate surface area is 123 Å². The minimum Gasteiger partial charge on any atom is -0.495 e. The molecule has 1 aliphatic rings. The molecule has 1 N–H and O–H groups in total. The second kappa shape index (κ2) is 7.63. The highest BCUT2D eigenvalue weighted by Gasteiger charge is 2.29. The summed E-state index contributed by atoms with van der Waals surface area (Å²) in [4.78, 5) is 4.19. The van der Waals surface area contributed by atoms with Crippen molar-refractivity contribution in [1.29, 1.82) is 0 Å². The summed E-state index contributed by atoms with van der Waals surface area (Å²) in [5, 5.41) is 3.74. The summed E-state index contributed by atoms with van der Waals surface area (Å²) >= 11 is 0. The molecule has 1 aromatic rings. The van der Waals surface area contributed by atoms with Gasteiger partial charge in [0.2, 0.25) is 0 Å². The SMILES string of the molecule is CCCNC(c1ccncc1OC)C1CCCC(C)C1. The first-order valence-corrected chi connectivity index (χ1v) is 7.97. The van der Waals surface area contributed by atoms with Crippen molar-refractivity contribution in [3.05, 3.63) is 24.0 Å². The molecule has 20 heavy (non-hydrogen) atoms. The Kier molecular flexibility index (Phi) is 5.84. The monoisotopic (exact) mass is 276 g/mol. The summed E-state index contributed by atoms with van der Waals surface area (Å²) in [5.74, 6) is 2.47. The smallest absolute Gasteiger partial charge is 0.141 e. The minimum atomic E-state index is 0.399. The summed E-state index contributed by atoms with van der Waals surface area (Å²) in [6, 6.07) is 2.52. The molecule has 0 spiro atoms. The van der Waals surface area contributed by atoms with Crippen LogP contribution in [0.3, 0.4) is 0 Å². The van der Waals surface area contributed by atoms with Gasteiger partial charge in [0.1, 0.15) is 5.75 Å². The van der Waals surface area contributed by atoms with Crippen LogP contribution in [0.5, 0.6) is 5.75 Å². The Morgan fingerprint density at radius 3 is 3.00 bits per heavy atom. The molecule has 0 bridgehead atoms. The highest BCUT2D eigenvalue weighted by Crippen LogP contribution is 2.39. The maximum atomic E-state index is 5.52. The molecule has 0 amide bonds. The normalized spacial score (nSPS) is 24.4. The van der Waals surface area contributed by atoms with Crippen LogP contribution in [0.4, 0.5) is 0 Å². The van der Waals surface area contributed by atoms with Crippen molar-refractivity contribution < 1.29 is 4.74 Å². The van der Waals surface area contributed by atoms with E-state index in [4.69, 9.17) is 4.74 Å². The lowest BCUT2D eigenvalue weighted by atomic mass is 9.76. The maximum Gasteiger partial charge on any atom is 0.141 e. The first-order valence-electron chi connectivity index (χ1n) is 7.97. The van der Waals surface area contributed by atoms with Crippen molar-refractivity contribution in [2.75, 3.05) is 13.7 Å². The highest BCUT2D eigenvalue weighted by atomic mass is 16.5. The number of hydrogen-bond acceptors (Lipinski definition) is 3. The van der Waals surface area contributed by atoms with E-state index in [9.17, 15) is 0 Å². The largest absolute Gasteiger partial charge is 0.495 e. The number of rotatable bonds is 6. The van der Waals surface area contributed by atoms with Crippen molar-refractivity contribution in [3.63, 3.8) is 0 Å². The lowest BCUT2D eigenvalue weighted by Gasteiger charge is -2.34. The van der Waals surface area contributed by atoms with Gasteiger partial charge in [-0.15, -0.1) is 0 Å². The first-order chi connectivity index (χ1) is 9.76. The Morgan fingerprint density at radius 2 is 2.30 bits per heavy atom. The van der Waals surface area contributed by atoms with Crippen molar-refractivity contribution in [3.8, 4) is 5.75 Å². The van der Waals surface area contributed by atoms with E-state index in [0.29, 0.717) is 12.0 Å². The van der Waals surface area contributed by atoms with E-state index in [1.54, 1.807) is 7.11 Å². The van der Waals surface area contributed by atoms with E-state index >= 15 is 0 Å². The standard InChI is InChI=1S/C17H28N2O/c1-4-9-19-17(14-7-5-6-13(2)11-14)15-8-10-18-12-16(15)20-3/h8,10,12-14,17,19H,4-7,9,11H2,1-3H3. The predicted octanol–water partition coefficient (Wildman–Crippen LogP) is 3.96. The van der Waals surface area contributed by atoms with Crippen molar-refractivity contribution in [2.24, 2.45) is 11.8 Å². The zero-order valence-electron chi connectivity index (χ0n) is 13.1. The Balaban J connectivity index is 2.21. The first kappa shape index (κ1) is 15.3. The van der Waals surface area contributed by atoms with Crippen LogP contribution in [-0.2, 0) is 0 Å². The molecule has 1 aliphatic carbocycles. The second-order valence-electron chi connectivity index (χ2n) is 6.08. The van der Waals surface area contributed by atoms with Crippen LogP contribution < -0.4 is 10.1 Å². The molecule has 1 heterocycles. The third-order valence-corrected chi connectivity index (χ3v) is 4.43. The van der Waals surface area contributed by atoms with Crippen LogP contribution in [-0.4, -0.2) is 18.6 Å². The number of aromatic nitrogens is 1. The molecule has 1 fully saturated rings. The third kappa shape index (κ3) is 3.72. The number of ether oxygens (including phenoxy) is 1. The Bertz CT molecular complexity index is 408. The molecule has 112 valence electrons. The molecular weight excluding hydrogens is 248 g/mol. The summed E-state index contributed by atoms with van der Waals surface area (Å²) in [7, 11) is 1.74. The average Bonchev–Trinajstić information content (AvgIpc) is 2.48. The molecule has 0 aromatic carbocycles. The molecule has 0 aliphatic heterocycles. The highest BCUT2D eigenvalue weighted by molar-refractivity contribution is 5.33. The molecule has 0 saturated heterocycles. The van der Waals surface area contributed by atoms with Crippen molar-refractivity contribution in [1.82, 2.24) is 10.3 Å². The fourth-order valence-corrected chi connectivity index (χ4v) is 3.43. The average molecular weight is 276 g/mol. The fourth-order valence-electron chi connectivity index (χ4n) is 3.43. The van der Waals surface area contributed by atoms with Gasteiger partial charge in [-0.05, 0) is 43.7 Å². The number of nitrogens with one attached hydrogen (secondary N) is 1. The molecular formula is C17H28N2O. The van der Waals surface area contributed by atoms with E-state index < -0.39 is 0 Å². The number of pyridine rings is 1. The van der Waals surface area contributed by atoms with Gasteiger partial charge in [-0.2, -0.15) is 0 Å². The lowest BCUT2D eigenvalue weighted by molar-refractivity contribution is 0.220. The van der Waals surface area contributed by atoms with Crippen LogP contribution in [0.15, 0.2) is 18.5 Å². The molecule has 3 heteroatoms. The van der Waals surface area contributed by atoms with E-state index in [2.05, 4.69) is 30.2 Å². The van der Waals surface area contributed by atoms with Gasteiger partial charge in [0.25, 0.3) is 0 Å². The lowest BCUT2D eigenvalue weighted by Crippen LogP contribution is -2.32. The van der Waals surface area contributed by atoms with E-state index in [0.717, 1.165) is 24.6 Å². The zero-order valence-corrected chi connectivity index (χ0v) is 13.1. The van der Waals surface area contributed by atoms with Crippen LogP contribution in [0.25, 0.3) is 0 Å². The van der Waals surface area contributed by atoms with Gasteiger partial charge in [-0.3, -0.25) is 4.98 Å². The number of hydrogen-bond donors (Lipinski definition) is 1. The minimum absolute atomic E-state index is 0.399. The predicted molar refractivity (Wildman–Crippen MR) is 82.9 cm³/mol. The van der Waals surface area contributed by atoms with Gasteiger partial charge in [0.05, 0.1) is 13.3 Å². The van der Waals surface area contributed by atoms with Gasteiger partial charge in [0.15, 0.2) is 0 Å². The maximum absolute atomic E-state index is 5.52. The van der Waals surface area contributed by atoms with Crippen molar-refractivity contribution >= 4 is 0 Å². The second-order valence-corrected chi connectivity index (χ2v) is 6.08. The molecule has 1 saturated carbocycles. The van der Waals surface area contributed by atoms with Gasteiger partial charge in [0, 0.05) is 17.8 Å². The summed E-state index contributed by atoms with van der Waals surface area (Å²) in [5.41, 5.74) is 1.27. The molecule has 1 aromatic heterocycles. The Hall–Kier alpha value is -1.09. The molecule has 3 unspecified atom stereocenters. The Morgan fingerprint density at radius 1 is 1.45 bits per heavy atom.